The molecule has 116 valence electrons. The SMILES string of the molecule is Cl.Cl.NCc1ccc(-n2[nH]cc(-c3cccnc3)c2=O)nc1. The van der Waals surface area contributed by atoms with Gasteiger partial charge >= 0.3 is 0 Å². The molecule has 0 radical (unpaired) electrons. The molecule has 0 aliphatic rings. The lowest BCUT2D eigenvalue weighted by molar-refractivity contribution is 0.815. The van der Waals surface area contributed by atoms with E-state index >= 15 is 0 Å². The Morgan fingerprint density at radius 3 is 2.59 bits per heavy atom. The van der Waals surface area contributed by atoms with Crippen LogP contribution >= 0.6 is 24.8 Å². The van der Waals surface area contributed by atoms with Crippen molar-refractivity contribution in [3.8, 4) is 16.9 Å². The van der Waals surface area contributed by atoms with Crippen molar-refractivity contribution in [2.75, 3.05) is 0 Å². The van der Waals surface area contributed by atoms with Gasteiger partial charge in [-0.2, -0.15) is 0 Å². The molecule has 0 saturated heterocycles. The quantitative estimate of drug-likeness (QED) is 0.762. The summed E-state index contributed by atoms with van der Waals surface area (Å²) in [6.45, 7) is 0.424. The molecule has 0 aliphatic heterocycles. The topological polar surface area (TPSA) is 89.6 Å². The van der Waals surface area contributed by atoms with E-state index in [1.54, 1.807) is 36.9 Å². The second-order valence-corrected chi connectivity index (χ2v) is 4.30. The van der Waals surface area contributed by atoms with Gasteiger partial charge < -0.3 is 5.73 Å². The van der Waals surface area contributed by atoms with E-state index in [0.717, 1.165) is 11.1 Å². The normalized spacial score (nSPS) is 9.68. The predicted molar refractivity (Wildman–Crippen MR) is 89.8 cm³/mol. The first kappa shape index (κ1) is 17.9. The molecule has 3 rings (SSSR count). The van der Waals surface area contributed by atoms with Crippen molar-refractivity contribution in [1.82, 2.24) is 19.7 Å². The summed E-state index contributed by atoms with van der Waals surface area (Å²) in [5, 5.41) is 2.91. The van der Waals surface area contributed by atoms with Gasteiger partial charge in [0.2, 0.25) is 0 Å². The third kappa shape index (κ3) is 3.36. The molecule has 0 bridgehead atoms. The van der Waals surface area contributed by atoms with Crippen LogP contribution in [-0.4, -0.2) is 19.7 Å². The summed E-state index contributed by atoms with van der Waals surface area (Å²) in [4.78, 5) is 20.6. The summed E-state index contributed by atoms with van der Waals surface area (Å²) in [5.74, 6) is 0.530. The Balaban J connectivity index is 0.00000121. The number of rotatable bonds is 3. The molecule has 0 spiro atoms. The van der Waals surface area contributed by atoms with E-state index in [1.807, 2.05) is 12.1 Å². The molecule has 0 unspecified atom stereocenters. The monoisotopic (exact) mass is 339 g/mol. The van der Waals surface area contributed by atoms with Gasteiger partial charge in [0.1, 0.15) is 0 Å². The molecule has 3 aromatic heterocycles. The number of aromatic nitrogens is 4. The number of hydrogen-bond donors (Lipinski definition) is 2. The average Bonchev–Trinajstić information content (AvgIpc) is 2.90. The van der Waals surface area contributed by atoms with Gasteiger partial charge in [-0.15, -0.1) is 24.8 Å². The number of halogens is 2. The highest BCUT2D eigenvalue weighted by Gasteiger charge is 2.10. The summed E-state index contributed by atoms with van der Waals surface area (Å²) in [6, 6.07) is 7.24. The smallest absolute Gasteiger partial charge is 0.280 e. The first-order valence-corrected chi connectivity index (χ1v) is 6.16. The molecule has 0 aliphatic carbocycles. The maximum atomic E-state index is 12.4. The van der Waals surface area contributed by atoms with Crippen molar-refractivity contribution >= 4 is 24.8 Å². The maximum absolute atomic E-state index is 12.4. The minimum Gasteiger partial charge on any atom is -0.326 e. The lowest BCUT2D eigenvalue weighted by atomic mass is 10.2. The molecule has 0 fully saturated rings. The number of nitrogens with zero attached hydrogens (tertiary/aromatic N) is 3. The van der Waals surface area contributed by atoms with Crippen LogP contribution in [0.5, 0.6) is 0 Å². The molecule has 3 aromatic rings. The Labute approximate surface area is 139 Å². The van der Waals surface area contributed by atoms with Crippen LogP contribution in [0.25, 0.3) is 16.9 Å². The largest absolute Gasteiger partial charge is 0.326 e. The summed E-state index contributed by atoms with van der Waals surface area (Å²) in [7, 11) is 0. The van der Waals surface area contributed by atoms with Gasteiger partial charge in [-0.3, -0.25) is 14.9 Å². The van der Waals surface area contributed by atoms with Gasteiger partial charge in [0.05, 0.1) is 5.56 Å². The van der Waals surface area contributed by atoms with Crippen molar-refractivity contribution < 1.29 is 0 Å². The number of nitrogens with one attached hydrogen (secondary N) is 1. The lowest BCUT2D eigenvalue weighted by Crippen LogP contribution is -2.17. The minimum atomic E-state index is -0.161. The molecule has 0 amide bonds. The second kappa shape index (κ2) is 7.74. The molecule has 22 heavy (non-hydrogen) atoms. The summed E-state index contributed by atoms with van der Waals surface area (Å²) in [5.41, 5.74) is 7.61. The van der Waals surface area contributed by atoms with E-state index in [-0.39, 0.29) is 30.4 Å². The first-order chi connectivity index (χ1) is 9.79. The Bertz CT molecular complexity index is 768. The maximum Gasteiger partial charge on any atom is 0.280 e. The highest BCUT2D eigenvalue weighted by Crippen LogP contribution is 2.13. The minimum absolute atomic E-state index is 0. The molecular weight excluding hydrogens is 325 g/mol. The van der Waals surface area contributed by atoms with Gasteiger partial charge in [-0.1, -0.05) is 12.1 Å². The number of H-pyrrole nitrogens is 1. The van der Waals surface area contributed by atoms with E-state index in [1.165, 1.54) is 4.68 Å². The summed E-state index contributed by atoms with van der Waals surface area (Å²) < 4.78 is 1.39. The van der Waals surface area contributed by atoms with Crippen LogP contribution < -0.4 is 11.3 Å². The molecule has 3 heterocycles. The van der Waals surface area contributed by atoms with Crippen molar-refractivity contribution in [2.45, 2.75) is 6.54 Å². The van der Waals surface area contributed by atoms with E-state index in [0.29, 0.717) is 17.9 Å². The third-order valence-corrected chi connectivity index (χ3v) is 3.02. The van der Waals surface area contributed by atoms with Crippen LogP contribution in [0.2, 0.25) is 0 Å². The molecule has 6 nitrogen and oxygen atoms in total. The van der Waals surface area contributed by atoms with Crippen LogP contribution in [0.15, 0.2) is 53.8 Å². The fourth-order valence-corrected chi connectivity index (χ4v) is 1.94. The Hall–Kier alpha value is -2.15. The van der Waals surface area contributed by atoms with Gasteiger partial charge in [0, 0.05) is 36.9 Å². The molecule has 0 saturated carbocycles. The fraction of sp³-hybridized carbons (Fsp3) is 0.0714. The molecule has 0 aromatic carbocycles. The highest BCUT2D eigenvalue weighted by molar-refractivity contribution is 5.85. The molecule has 0 atom stereocenters. The number of nitrogens with two attached hydrogens (primary N) is 1. The standard InChI is InChI=1S/C14H13N5O.2ClH/c15-6-10-3-4-13(17-7-10)19-14(20)12(9-18-19)11-2-1-5-16-8-11;;/h1-5,7-9,18H,6,15H2;2*1H. The Morgan fingerprint density at radius 2 is 2.00 bits per heavy atom. The van der Waals surface area contributed by atoms with Crippen molar-refractivity contribution in [3.63, 3.8) is 0 Å². The Morgan fingerprint density at radius 1 is 1.18 bits per heavy atom. The summed E-state index contributed by atoms with van der Waals surface area (Å²) >= 11 is 0. The van der Waals surface area contributed by atoms with Crippen LogP contribution in [-0.2, 0) is 6.54 Å². The highest BCUT2D eigenvalue weighted by atomic mass is 35.5. The number of hydrogen-bond acceptors (Lipinski definition) is 4. The van der Waals surface area contributed by atoms with Gasteiger partial charge in [-0.05, 0) is 17.7 Å². The number of pyridine rings is 2. The van der Waals surface area contributed by atoms with Gasteiger partial charge in [-0.25, -0.2) is 9.67 Å². The zero-order valence-corrected chi connectivity index (χ0v) is 13.1. The van der Waals surface area contributed by atoms with Crippen molar-refractivity contribution in [3.05, 3.63) is 65.0 Å². The zero-order valence-electron chi connectivity index (χ0n) is 11.5. The molecule has 3 N–H and O–H groups in total. The van der Waals surface area contributed by atoms with Crippen LogP contribution in [0.1, 0.15) is 5.56 Å². The predicted octanol–water partition coefficient (Wildman–Crippen LogP) is 1.92. The lowest BCUT2D eigenvalue weighted by Gasteiger charge is -2.01. The second-order valence-electron chi connectivity index (χ2n) is 4.30. The third-order valence-electron chi connectivity index (χ3n) is 3.02. The summed E-state index contributed by atoms with van der Waals surface area (Å²) in [6.07, 6.45) is 6.63. The van der Waals surface area contributed by atoms with Crippen LogP contribution in [0.3, 0.4) is 0 Å². The van der Waals surface area contributed by atoms with E-state index in [2.05, 4.69) is 15.1 Å². The van der Waals surface area contributed by atoms with Crippen LogP contribution in [0, 0.1) is 0 Å². The van der Waals surface area contributed by atoms with Crippen LogP contribution in [0.4, 0.5) is 0 Å². The first-order valence-electron chi connectivity index (χ1n) is 6.16. The number of aromatic amines is 1. The molecular formula is C14H15Cl2N5O. The fourth-order valence-electron chi connectivity index (χ4n) is 1.94. The van der Waals surface area contributed by atoms with Gasteiger partial charge in [0.15, 0.2) is 5.82 Å². The van der Waals surface area contributed by atoms with E-state index in [9.17, 15) is 4.79 Å². The van der Waals surface area contributed by atoms with E-state index in [4.69, 9.17) is 5.73 Å². The average molecular weight is 340 g/mol. The van der Waals surface area contributed by atoms with Crippen molar-refractivity contribution in [2.24, 2.45) is 5.73 Å². The zero-order chi connectivity index (χ0) is 13.9. The van der Waals surface area contributed by atoms with Gasteiger partial charge in [0.25, 0.3) is 5.56 Å². The molecule has 8 heteroatoms. The Kier molecular flexibility index (Phi) is 6.30. The van der Waals surface area contributed by atoms with E-state index < -0.39 is 0 Å². The van der Waals surface area contributed by atoms with Crippen molar-refractivity contribution in [1.29, 1.82) is 0 Å².